The molecule has 2 aromatic rings. The van der Waals surface area contributed by atoms with Crippen molar-refractivity contribution in [1.29, 1.82) is 0 Å². The van der Waals surface area contributed by atoms with Crippen molar-refractivity contribution >= 4 is 0 Å². The van der Waals surface area contributed by atoms with Crippen molar-refractivity contribution in [2.24, 2.45) is 0 Å². The van der Waals surface area contributed by atoms with Gasteiger partial charge in [-0.25, -0.2) is 0 Å². The van der Waals surface area contributed by atoms with E-state index in [4.69, 9.17) is 4.74 Å². The molecule has 4 rings (SSSR count). The molecule has 108 valence electrons. The number of hydrogen-bond donors (Lipinski definition) is 1. The molecule has 2 nitrogen and oxygen atoms in total. The number of aliphatic hydroxyl groups excluding tert-OH is 1. The molecule has 0 amide bonds. The molecule has 2 aliphatic rings. The number of hydrogen-bond acceptors (Lipinski definition) is 2. The molecular formula is C19H20O2. The summed E-state index contributed by atoms with van der Waals surface area (Å²) in [6.07, 6.45) is 2.59. The van der Waals surface area contributed by atoms with E-state index in [1.807, 2.05) is 18.2 Å². The molecule has 2 aromatic carbocycles. The van der Waals surface area contributed by atoms with Crippen molar-refractivity contribution < 1.29 is 9.84 Å². The van der Waals surface area contributed by atoms with Crippen LogP contribution in [0, 0.1) is 0 Å². The molecule has 0 bridgehead atoms. The molecular weight excluding hydrogens is 260 g/mol. The lowest BCUT2D eigenvalue weighted by molar-refractivity contribution is 0.0992. The van der Waals surface area contributed by atoms with Gasteiger partial charge >= 0.3 is 0 Å². The highest BCUT2D eigenvalue weighted by Gasteiger charge is 2.33. The molecule has 0 aromatic heterocycles. The first-order valence-corrected chi connectivity index (χ1v) is 7.80. The van der Waals surface area contributed by atoms with Gasteiger partial charge in [0.1, 0.15) is 5.75 Å². The Morgan fingerprint density at radius 1 is 1.05 bits per heavy atom. The number of benzene rings is 2. The summed E-state index contributed by atoms with van der Waals surface area (Å²) in [5.74, 6) is 1.68. The molecule has 0 saturated heterocycles. The van der Waals surface area contributed by atoms with Crippen LogP contribution in [-0.2, 0) is 6.42 Å². The first-order valence-electron chi connectivity index (χ1n) is 7.80. The Bertz CT molecular complexity index is 650. The minimum Gasteiger partial charge on any atom is -0.493 e. The van der Waals surface area contributed by atoms with Gasteiger partial charge in [-0.15, -0.1) is 0 Å². The summed E-state index contributed by atoms with van der Waals surface area (Å²) >= 11 is 0. The van der Waals surface area contributed by atoms with E-state index < -0.39 is 0 Å². The van der Waals surface area contributed by atoms with Crippen LogP contribution in [0.4, 0.5) is 0 Å². The third kappa shape index (κ3) is 2.24. The van der Waals surface area contributed by atoms with E-state index in [0.29, 0.717) is 12.5 Å². The van der Waals surface area contributed by atoms with Crippen LogP contribution in [0.3, 0.4) is 0 Å². The van der Waals surface area contributed by atoms with E-state index in [2.05, 4.69) is 30.3 Å². The summed E-state index contributed by atoms with van der Waals surface area (Å²) in [6.45, 7) is 0.708. The van der Waals surface area contributed by atoms with Gasteiger partial charge in [-0.05, 0) is 47.9 Å². The Labute approximate surface area is 125 Å². The smallest absolute Gasteiger partial charge is 0.122 e. The van der Waals surface area contributed by atoms with E-state index in [0.717, 1.165) is 25.0 Å². The van der Waals surface area contributed by atoms with Gasteiger partial charge < -0.3 is 9.84 Å². The van der Waals surface area contributed by atoms with Crippen molar-refractivity contribution in [2.45, 2.75) is 37.2 Å². The van der Waals surface area contributed by atoms with E-state index >= 15 is 0 Å². The molecule has 1 aliphatic heterocycles. The largest absolute Gasteiger partial charge is 0.493 e. The summed E-state index contributed by atoms with van der Waals surface area (Å²) in [7, 11) is 0. The van der Waals surface area contributed by atoms with Gasteiger partial charge in [0.25, 0.3) is 0 Å². The summed E-state index contributed by atoms with van der Waals surface area (Å²) in [4.78, 5) is 0. The van der Waals surface area contributed by atoms with Crippen LogP contribution in [0.1, 0.15) is 41.4 Å². The number of para-hydroxylation sites is 1. The number of rotatable bonds is 3. The second-order valence-electron chi connectivity index (χ2n) is 6.18. The van der Waals surface area contributed by atoms with Gasteiger partial charge in [0, 0.05) is 5.92 Å². The van der Waals surface area contributed by atoms with Crippen molar-refractivity contribution in [2.75, 3.05) is 6.61 Å². The summed E-state index contributed by atoms with van der Waals surface area (Å²) in [6, 6.07) is 16.7. The summed E-state index contributed by atoms with van der Waals surface area (Å²) in [5.41, 5.74) is 4.04. The van der Waals surface area contributed by atoms with Crippen LogP contribution in [0.5, 0.6) is 5.75 Å². The standard InChI is InChI=1S/C19H20O2/c20-18(12-14-11-13-5-1-2-6-15(13)14)16-9-10-21-19-8-4-3-7-17(16)19/h1-8,14,16,18,20H,9-12H2. The Balaban J connectivity index is 1.51. The van der Waals surface area contributed by atoms with Crippen LogP contribution in [0.15, 0.2) is 48.5 Å². The fourth-order valence-corrected chi connectivity index (χ4v) is 3.80. The Morgan fingerprint density at radius 3 is 2.67 bits per heavy atom. The van der Waals surface area contributed by atoms with Crippen LogP contribution >= 0.6 is 0 Å². The highest BCUT2D eigenvalue weighted by molar-refractivity contribution is 5.41. The predicted molar refractivity (Wildman–Crippen MR) is 82.8 cm³/mol. The molecule has 0 fully saturated rings. The zero-order chi connectivity index (χ0) is 14.2. The van der Waals surface area contributed by atoms with Crippen molar-refractivity contribution in [3.63, 3.8) is 0 Å². The van der Waals surface area contributed by atoms with Crippen LogP contribution in [-0.4, -0.2) is 17.8 Å². The van der Waals surface area contributed by atoms with E-state index in [-0.39, 0.29) is 12.0 Å². The van der Waals surface area contributed by atoms with Crippen molar-refractivity contribution in [3.05, 3.63) is 65.2 Å². The minimum atomic E-state index is -0.284. The molecule has 1 heterocycles. The fraction of sp³-hybridized carbons (Fsp3) is 0.368. The monoisotopic (exact) mass is 280 g/mol. The topological polar surface area (TPSA) is 29.5 Å². The first-order chi connectivity index (χ1) is 10.3. The Morgan fingerprint density at radius 2 is 1.81 bits per heavy atom. The van der Waals surface area contributed by atoms with E-state index in [1.54, 1.807) is 0 Å². The summed E-state index contributed by atoms with van der Waals surface area (Å²) in [5, 5.41) is 10.7. The van der Waals surface area contributed by atoms with Crippen molar-refractivity contribution in [3.8, 4) is 5.75 Å². The second-order valence-corrected chi connectivity index (χ2v) is 6.18. The quantitative estimate of drug-likeness (QED) is 0.930. The lowest BCUT2D eigenvalue weighted by Crippen LogP contribution is -2.29. The lowest BCUT2D eigenvalue weighted by Gasteiger charge is -2.35. The SMILES string of the molecule is OC(CC1Cc2ccccc21)C1CCOc2ccccc21. The van der Waals surface area contributed by atoms with Crippen LogP contribution < -0.4 is 4.74 Å². The average molecular weight is 280 g/mol. The molecule has 0 spiro atoms. The molecule has 3 atom stereocenters. The Hall–Kier alpha value is -1.80. The third-order valence-electron chi connectivity index (χ3n) is 4.96. The first kappa shape index (κ1) is 12.9. The number of ether oxygens (including phenoxy) is 1. The maximum atomic E-state index is 10.7. The highest BCUT2D eigenvalue weighted by atomic mass is 16.5. The molecule has 21 heavy (non-hydrogen) atoms. The molecule has 2 heteroatoms. The zero-order valence-electron chi connectivity index (χ0n) is 12.0. The van der Waals surface area contributed by atoms with Crippen molar-refractivity contribution in [1.82, 2.24) is 0 Å². The predicted octanol–water partition coefficient (Wildman–Crippen LogP) is 3.64. The second kappa shape index (κ2) is 5.19. The highest BCUT2D eigenvalue weighted by Crippen LogP contribution is 2.42. The van der Waals surface area contributed by atoms with Gasteiger partial charge in [-0.1, -0.05) is 42.5 Å². The van der Waals surface area contributed by atoms with Gasteiger partial charge in [0.2, 0.25) is 0 Å². The van der Waals surface area contributed by atoms with Crippen LogP contribution in [0.25, 0.3) is 0 Å². The van der Waals surface area contributed by atoms with Gasteiger partial charge in [0.05, 0.1) is 12.7 Å². The van der Waals surface area contributed by atoms with E-state index in [1.165, 1.54) is 16.7 Å². The molecule has 0 saturated carbocycles. The molecule has 1 aliphatic carbocycles. The average Bonchev–Trinajstić information content (AvgIpc) is 2.52. The van der Waals surface area contributed by atoms with Gasteiger partial charge in [-0.2, -0.15) is 0 Å². The number of fused-ring (bicyclic) bond motifs is 2. The third-order valence-corrected chi connectivity index (χ3v) is 4.96. The Kier molecular flexibility index (Phi) is 3.19. The molecule has 3 unspecified atom stereocenters. The zero-order valence-corrected chi connectivity index (χ0v) is 12.0. The maximum absolute atomic E-state index is 10.7. The summed E-state index contributed by atoms with van der Waals surface area (Å²) < 4.78 is 5.69. The minimum absolute atomic E-state index is 0.211. The number of aliphatic hydroxyl groups is 1. The molecule has 1 N–H and O–H groups in total. The van der Waals surface area contributed by atoms with Gasteiger partial charge in [-0.3, -0.25) is 0 Å². The van der Waals surface area contributed by atoms with E-state index in [9.17, 15) is 5.11 Å². The maximum Gasteiger partial charge on any atom is 0.122 e. The van der Waals surface area contributed by atoms with Crippen LogP contribution in [0.2, 0.25) is 0 Å². The van der Waals surface area contributed by atoms with Gasteiger partial charge in [0.15, 0.2) is 0 Å². The molecule has 0 radical (unpaired) electrons. The fourth-order valence-electron chi connectivity index (χ4n) is 3.80. The lowest BCUT2D eigenvalue weighted by atomic mass is 9.72. The normalized spacial score (nSPS) is 24.2.